The van der Waals surface area contributed by atoms with Crippen molar-refractivity contribution in [2.45, 2.75) is 51.7 Å². The summed E-state index contributed by atoms with van der Waals surface area (Å²) in [5, 5.41) is 11.8. The lowest BCUT2D eigenvalue weighted by Crippen LogP contribution is -2.55. The summed E-state index contributed by atoms with van der Waals surface area (Å²) in [6.45, 7) is 5.49. The third-order valence-corrected chi connectivity index (χ3v) is 4.15. The first-order valence-corrected chi connectivity index (χ1v) is 8.39. The molecular formula is C18H26N2O5. The van der Waals surface area contributed by atoms with Gasteiger partial charge in [0.1, 0.15) is 12.0 Å². The molecule has 1 saturated heterocycles. The topological polar surface area (TPSA) is 88.1 Å². The average molecular weight is 350 g/mol. The summed E-state index contributed by atoms with van der Waals surface area (Å²) in [6, 6.07) is 9.22. The first-order valence-electron chi connectivity index (χ1n) is 8.39. The van der Waals surface area contributed by atoms with Crippen LogP contribution in [-0.4, -0.2) is 47.2 Å². The Hall–Kier alpha value is -1.96. The zero-order valence-electron chi connectivity index (χ0n) is 14.8. The molecular weight excluding hydrogens is 324 g/mol. The van der Waals surface area contributed by atoms with E-state index in [9.17, 15) is 14.7 Å². The Morgan fingerprint density at radius 1 is 1.44 bits per heavy atom. The van der Waals surface area contributed by atoms with Crippen LogP contribution >= 0.6 is 0 Å². The Labute approximate surface area is 147 Å². The molecule has 25 heavy (non-hydrogen) atoms. The summed E-state index contributed by atoms with van der Waals surface area (Å²) in [5.74, 6) is -0.0446. The van der Waals surface area contributed by atoms with Gasteiger partial charge in [-0.3, -0.25) is 5.43 Å². The summed E-state index contributed by atoms with van der Waals surface area (Å²) < 4.78 is 10.7. The molecule has 1 aliphatic heterocycles. The largest absolute Gasteiger partial charge is 0.448 e. The van der Waals surface area contributed by atoms with Crippen LogP contribution in [0.2, 0.25) is 0 Å². The maximum absolute atomic E-state index is 12.1. The van der Waals surface area contributed by atoms with Gasteiger partial charge in [0.2, 0.25) is 0 Å². The number of ether oxygens (including phenoxy) is 2. The van der Waals surface area contributed by atoms with Gasteiger partial charge in [-0.2, -0.15) is 5.01 Å². The Morgan fingerprint density at radius 2 is 2.12 bits per heavy atom. The molecule has 0 bridgehead atoms. The van der Waals surface area contributed by atoms with Crippen LogP contribution in [0, 0.1) is 5.92 Å². The lowest BCUT2D eigenvalue weighted by molar-refractivity contribution is -0.148. The van der Waals surface area contributed by atoms with Crippen LogP contribution in [-0.2, 0) is 20.7 Å². The van der Waals surface area contributed by atoms with Crippen molar-refractivity contribution in [3.8, 4) is 0 Å². The van der Waals surface area contributed by atoms with Gasteiger partial charge in [-0.05, 0) is 31.7 Å². The number of aliphatic hydroxyl groups is 1. The average Bonchev–Trinajstić information content (AvgIpc) is 2.76. The third-order valence-electron chi connectivity index (χ3n) is 4.15. The second-order valence-electron chi connectivity index (χ2n) is 6.80. The van der Waals surface area contributed by atoms with E-state index in [1.54, 1.807) is 18.9 Å². The predicted octanol–water partition coefficient (Wildman–Crippen LogP) is 1.85. The zero-order valence-corrected chi connectivity index (χ0v) is 14.8. The van der Waals surface area contributed by atoms with Gasteiger partial charge in [-0.25, -0.2) is 4.79 Å². The highest BCUT2D eigenvalue weighted by atomic mass is 16.7. The van der Waals surface area contributed by atoms with E-state index >= 15 is 0 Å². The molecule has 0 aromatic heterocycles. The van der Waals surface area contributed by atoms with Crippen LogP contribution in [0.5, 0.6) is 0 Å². The van der Waals surface area contributed by atoms with Gasteiger partial charge in [0, 0.05) is 6.42 Å². The SMILES string of the molecule is CC(CC=O)COC(=O)NN1C(Cc2ccccc2)C(O)OC1(C)C. The highest BCUT2D eigenvalue weighted by Gasteiger charge is 2.48. The fraction of sp³-hybridized carbons (Fsp3) is 0.556. The van der Waals surface area contributed by atoms with Crippen molar-refractivity contribution in [1.82, 2.24) is 10.4 Å². The molecule has 7 nitrogen and oxygen atoms in total. The molecule has 1 aliphatic rings. The number of benzene rings is 1. The van der Waals surface area contributed by atoms with E-state index in [1.165, 1.54) is 0 Å². The molecule has 0 radical (unpaired) electrons. The van der Waals surface area contributed by atoms with E-state index in [2.05, 4.69) is 5.43 Å². The second-order valence-corrected chi connectivity index (χ2v) is 6.80. The van der Waals surface area contributed by atoms with Crippen molar-refractivity contribution in [3.05, 3.63) is 35.9 Å². The highest BCUT2D eigenvalue weighted by Crippen LogP contribution is 2.31. The van der Waals surface area contributed by atoms with E-state index in [1.807, 2.05) is 37.3 Å². The molecule has 1 heterocycles. The molecule has 0 spiro atoms. The number of rotatable bonds is 7. The Kier molecular flexibility index (Phi) is 6.52. The first-order chi connectivity index (χ1) is 11.8. The smallest absolute Gasteiger partial charge is 0.421 e. The van der Waals surface area contributed by atoms with Crippen molar-refractivity contribution in [2.75, 3.05) is 6.61 Å². The monoisotopic (exact) mass is 350 g/mol. The number of carbonyl (C=O) groups is 2. The molecule has 1 aromatic rings. The zero-order chi connectivity index (χ0) is 18.4. The number of hydrogen-bond acceptors (Lipinski definition) is 6. The molecule has 2 N–H and O–H groups in total. The van der Waals surface area contributed by atoms with E-state index < -0.39 is 24.2 Å². The lowest BCUT2D eigenvalue weighted by atomic mass is 10.1. The predicted molar refractivity (Wildman–Crippen MR) is 91.3 cm³/mol. The number of aldehydes is 1. The van der Waals surface area contributed by atoms with Gasteiger partial charge in [-0.1, -0.05) is 37.3 Å². The third kappa shape index (κ3) is 5.26. The van der Waals surface area contributed by atoms with Crippen molar-refractivity contribution >= 4 is 12.4 Å². The number of hydrogen-bond donors (Lipinski definition) is 2. The molecule has 7 heteroatoms. The van der Waals surface area contributed by atoms with Crippen molar-refractivity contribution in [2.24, 2.45) is 5.92 Å². The van der Waals surface area contributed by atoms with Crippen molar-refractivity contribution in [3.63, 3.8) is 0 Å². The van der Waals surface area contributed by atoms with Gasteiger partial charge in [0.15, 0.2) is 6.29 Å². The van der Waals surface area contributed by atoms with E-state index in [0.717, 1.165) is 11.8 Å². The summed E-state index contributed by atoms with van der Waals surface area (Å²) >= 11 is 0. The summed E-state index contributed by atoms with van der Waals surface area (Å²) in [7, 11) is 0. The van der Waals surface area contributed by atoms with Crippen LogP contribution in [0.3, 0.4) is 0 Å². The minimum absolute atomic E-state index is 0.0446. The molecule has 2 rings (SSSR count). The Bertz CT molecular complexity index is 578. The molecule has 0 aliphatic carbocycles. The molecule has 3 atom stereocenters. The van der Waals surface area contributed by atoms with Crippen LogP contribution in [0.4, 0.5) is 4.79 Å². The minimum atomic E-state index is -1.04. The molecule has 1 aromatic carbocycles. The highest BCUT2D eigenvalue weighted by molar-refractivity contribution is 5.66. The maximum Gasteiger partial charge on any atom is 0.421 e. The fourth-order valence-electron chi connectivity index (χ4n) is 2.80. The number of carbonyl (C=O) groups excluding carboxylic acids is 2. The molecule has 1 amide bonds. The van der Waals surface area contributed by atoms with Gasteiger partial charge in [-0.15, -0.1) is 0 Å². The quantitative estimate of drug-likeness (QED) is 0.730. The summed E-state index contributed by atoms with van der Waals surface area (Å²) in [6.07, 6.45) is -0.0323. The van der Waals surface area contributed by atoms with E-state index in [4.69, 9.17) is 9.47 Å². The lowest BCUT2D eigenvalue weighted by Gasteiger charge is -2.32. The molecule has 1 fully saturated rings. The minimum Gasteiger partial charge on any atom is -0.448 e. The van der Waals surface area contributed by atoms with Gasteiger partial charge in [0.05, 0.1) is 12.6 Å². The number of hydrazine groups is 1. The molecule has 3 unspecified atom stereocenters. The van der Waals surface area contributed by atoms with Crippen LogP contribution in [0.15, 0.2) is 30.3 Å². The second kappa shape index (κ2) is 8.42. The maximum atomic E-state index is 12.1. The van der Waals surface area contributed by atoms with Gasteiger partial charge in [0.25, 0.3) is 0 Å². The summed E-state index contributed by atoms with van der Waals surface area (Å²) in [4.78, 5) is 22.6. The van der Waals surface area contributed by atoms with E-state index in [-0.39, 0.29) is 12.5 Å². The van der Waals surface area contributed by atoms with Crippen molar-refractivity contribution in [1.29, 1.82) is 0 Å². The summed E-state index contributed by atoms with van der Waals surface area (Å²) in [5.41, 5.74) is 2.80. The Balaban J connectivity index is 2.01. The first kappa shape index (κ1) is 19.4. The fourth-order valence-corrected chi connectivity index (χ4v) is 2.80. The Morgan fingerprint density at radius 3 is 2.76 bits per heavy atom. The van der Waals surface area contributed by atoms with Crippen LogP contribution < -0.4 is 5.43 Å². The van der Waals surface area contributed by atoms with E-state index in [0.29, 0.717) is 12.8 Å². The van der Waals surface area contributed by atoms with Gasteiger partial charge >= 0.3 is 6.09 Å². The van der Waals surface area contributed by atoms with Crippen LogP contribution in [0.25, 0.3) is 0 Å². The normalized spacial score (nSPS) is 23.8. The number of nitrogens with zero attached hydrogens (tertiary/aromatic N) is 1. The molecule has 0 saturated carbocycles. The number of aliphatic hydroxyl groups excluding tert-OH is 1. The standard InChI is InChI=1S/C18H26N2O5/c1-13(9-10-21)12-24-17(23)19-20-15(16(22)25-18(20,2)3)11-14-7-5-4-6-8-14/h4-8,10,13,15-16,22H,9,11-12H2,1-3H3,(H,19,23). The number of amides is 1. The van der Waals surface area contributed by atoms with Gasteiger partial charge < -0.3 is 19.4 Å². The van der Waals surface area contributed by atoms with Crippen molar-refractivity contribution < 1.29 is 24.2 Å². The number of nitrogens with one attached hydrogen (secondary N) is 1. The van der Waals surface area contributed by atoms with Crippen LogP contribution in [0.1, 0.15) is 32.8 Å². The molecule has 138 valence electrons.